The van der Waals surface area contributed by atoms with Gasteiger partial charge in [-0.3, -0.25) is 0 Å². The Morgan fingerprint density at radius 2 is 2.27 bits per heavy atom. The molecule has 1 aliphatic heterocycles. The number of likely N-dealkylation sites (N-methyl/N-ethyl adjacent to an activating group) is 1. The Balaban J connectivity index is 2.16. The summed E-state index contributed by atoms with van der Waals surface area (Å²) in [5, 5.41) is 3.97. The average molecular weight is 207 g/mol. The summed E-state index contributed by atoms with van der Waals surface area (Å²) in [4.78, 5) is 6.66. The van der Waals surface area contributed by atoms with Crippen LogP contribution < -0.4 is 0 Å². The fourth-order valence-electron chi connectivity index (χ4n) is 1.56. The molecule has 2 heterocycles. The fourth-order valence-corrected chi connectivity index (χ4v) is 1.56. The third-order valence-corrected chi connectivity index (χ3v) is 2.65. The summed E-state index contributed by atoms with van der Waals surface area (Å²) in [5.74, 6) is 1.82. The summed E-state index contributed by atoms with van der Waals surface area (Å²) in [7, 11) is 2.11. The van der Waals surface area contributed by atoms with Crippen molar-refractivity contribution in [2.45, 2.75) is 26.2 Å². The summed E-state index contributed by atoms with van der Waals surface area (Å²) in [6.07, 6.45) is 3.16. The highest BCUT2D eigenvalue weighted by molar-refractivity contribution is 5.59. The van der Waals surface area contributed by atoms with E-state index in [-0.39, 0.29) is 0 Å². The van der Waals surface area contributed by atoms with Crippen LogP contribution in [0.5, 0.6) is 0 Å². The van der Waals surface area contributed by atoms with Gasteiger partial charge in [0.05, 0.1) is 0 Å². The van der Waals surface area contributed by atoms with Gasteiger partial charge in [-0.05, 0) is 13.5 Å². The Morgan fingerprint density at radius 1 is 1.47 bits per heavy atom. The van der Waals surface area contributed by atoms with Crippen molar-refractivity contribution >= 4 is 5.57 Å². The van der Waals surface area contributed by atoms with Crippen LogP contribution in [0.15, 0.2) is 10.6 Å². The van der Waals surface area contributed by atoms with Gasteiger partial charge in [-0.15, -0.1) is 0 Å². The summed E-state index contributed by atoms with van der Waals surface area (Å²) in [6, 6.07) is 0. The van der Waals surface area contributed by atoms with Crippen LogP contribution >= 0.6 is 0 Å². The number of aromatic nitrogens is 2. The summed E-state index contributed by atoms with van der Waals surface area (Å²) in [6.45, 7) is 6.16. The predicted octanol–water partition coefficient (Wildman–Crippen LogP) is 1.91. The lowest BCUT2D eigenvalue weighted by molar-refractivity contribution is 0.359. The van der Waals surface area contributed by atoms with Gasteiger partial charge in [-0.25, -0.2) is 0 Å². The minimum atomic E-state index is 0.328. The zero-order chi connectivity index (χ0) is 10.8. The summed E-state index contributed by atoms with van der Waals surface area (Å²) < 4.78 is 5.25. The molecular formula is C11H17N3O. The second-order valence-electron chi connectivity index (χ2n) is 4.35. The lowest BCUT2D eigenvalue weighted by Gasteiger charge is -2.19. The third kappa shape index (κ3) is 2.26. The second-order valence-corrected chi connectivity index (χ2v) is 4.35. The Hall–Kier alpha value is -1.16. The molecule has 4 heteroatoms. The van der Waals surface area contributed by atoms with Crippen LogP contribution in [-0.4, -0.2) is 35.2 Å². The highest BCUT2D eigenvalue weighted by Gasteiger charge is 2.16. The second kappa shape index (κ2) is 4.14. The SMILES string of the molecule is CC(C)c1noc(C2=CCN(C)CC2)n1. The first-order valence-corrected chi connectivity index (χ1v) is 5.38. The first kappa shape index (κ1) is 10.4. The largest absolute Gasteiger partial charge is 0.334 e. The Kier molecular flexibility index (Phi) is 2.86. The number of nitrogens with zero attached hydrogens (tertiary/aromatic N) is 3. The zero-order valence-electron chi connectivity index (χ0n) is 9.53. The minimum Gasteiger partial charge on any atom is -0.334 e. The lowest BCUT2D eigenvalue weighted by atomic mass is 10.1. The van der Waals surface area contributed by atoms with Crippen molar-refractivity contribution < 1.29 is 4.52 Å². The molecule has 0 saturated carbocycles. The minimum absolute atomic E-state index is 0.328. The van der Waals surface area contributed by atoms with Crippen LogP contribution in [0.4, 0.5) is 0 Å². The molecule has 0 amide bonds. The van der Waals surface area contributed by atoms with Crippen molar-refractivity contribution in [3.05, 3.63) is 17.8 Å². The van der Waals surface area contributed by atoms with Crippen LogP contribution in [0, 0.1) is 0 Å². The van der Waals surface area contributed by atoms with Gasteiger partial charge in [0.1, 0.15) is 0 Å². The molecule has 0 spiro atoms. The maximum absolute atomic E-state index is 5.25. The van der Waals surface area contributed by atoms with Crippen molar-refractivity contribution in [2.75, 3.05) is 20.1 Å². The molecule has 2 rings (SSSR count). The topological polar surface area (TPSA) is 42.2 Å². The molecule has 0 unspecified atom stereocenters. The van der Waals surface area contributed by atoms with Crippen LogP contribution in [-0.2, 0) is 0 Å². The molecule has 0 aliphatic carbocycles. The standard InChI is InChI=1S/C11H17N3O/c1-8(2)10-12-11(15-13-10)9-4-6-14(3)7-5-9/h4,8H,5-7H2,1-3H3. The molecular weight excluding hydrogens is 190 g/mol. The highest BCUT2D eigenvalue weighted by Crippen LogP contribution is 2.21. The van der Waals surface area contributed by atoms with E-state index < -0.39 is 0 Å². The summed E-state index contributed by atoms with van der Waals surface area (Å²) >= 11 is 0. The van der Waals surface area contributed by atoms with Crippen molar-refractivity contribution in [1.82, 2.24) is 15.0 Å². The predicted molar refractivity (Wildman–Crippen MR) is 58.5 cm³/mol. The monoisotopic (exact) mass is 207 g/mol. The van der Waals surface area contributed by atoms with E-state index in [9.17, 15) is 0 Å². The first-order chi connectivity index (χ1) is 7.16. The molecule has 1 aromatic rings. The molecule has 0 fully saturated rings. The van der Waals surface area contributed by atoms with Crippen LogP contribution in [0.3, 0.4) is 0 Å². The van der Waals surface area contributed by atoms with Crippen LogP contribution in [0.25, 0.3) is 5.57 Å². The highest BCUT2D eigenvalue weighted by atomic mass is 16.5. The van der Waals surface area contributed by atoms with E-state index in [1.54, 1.807) is 0 Å². The van der Waals surface area contributed by atoms with Gasteiger partial charge < -0.3 is 9.42 Å². The number of hydrogen-bond acceptors (Lipinski definition) is 4. The van der Waals surface area contributed by atoms with Gasteiger partial charge in [-0.2, -0.15) is 4.98 Å². The van der Waals surface area contributed by atoms with Gasteiger partial charge in [0.2, 0.25) is 0 Å². The number of rotatable bonds is 2. The smallest absolute Gasteiger partial charge is 0.253 e. The van der Waals surface area contributed by atoms with Crippen molar-refractivity contribution in [3.8, 4) is 0 Å². The van der Waals surface area contributed by atoms with Gasteiger partial charge in [0.15, 0.2) is 5.82 Å². The molecule has 0 radical (unpaired) electrons. The molecule has 0 atom stereocenters. The average Bonchev–Trinajstić information content (AvgIpc) is 2.68. The maximum atomic E-state index is 5.25. The van der Waals surface area contributed by atoms with Gasteiger partial charge in [-0.1, -0.05) is 25.1 Å². The summed E-state index contributed by atoms with van der Waals surface area (Å²) in [5.41, 5.74) is 1.19. The van der Waals surface area contributed by atoms with Crippen LogP contribution in [0.2, 0.25) is 0 Å². The molecule has 82 valence electrons. The molecule has 0 saturated heterocycles. The molecule has 1 aliphatic rings. The Bertz CT molecular complexity index is 368. The third-order valence-electron chi connectivity index (χ3n) is 2.65. The van der Waals surface area contributed by atoms with Gasteiger partial charge in [0.25, 0.3) is 5.89 Å². The van der Waals surface area contributed by atoms with E-state index in [4.69, 9.17) is 4.52 Å². The zero-order valence-corrected chi connectivity index (χ0v) is 9.53. The lowest BCUT2D eigenvalue weighted by Crippen LogP contribution is -2.23. The number of hydrogen-bond donors (Lipinski definition) is 0. The van der Waals surface area contributed by atoms with Crippen molar-refractivity contribution in [1.29, 1.82) is 0 Å². The van der Waals surface area contributed by atoms with E-state index in [0.29, 0.717) is 11.8 Å². The molecule has 15 heavy (non-hydrogen) atoms. The van der Waals surface area contributed by atoms with E-state index in [2.05, 4.69) is 42.0 Å². The molecule has 0 N–H and O–H groups in total. The quantitative estimate of drug-likeness (QED) is 0.743. The van der Waals surface area contributed by atoms with E-state index >= 15 is 0 Å². The van der Waals surface area contributed by atoms with Crippen molar-refractivity contribution in [2.24, 2.45) is 0 Å². The Labute approximate surface area is 90.0 Å². The van der Waals surface area contributed by atoms with Crippen LogP contribution in [0.1, 0.15) is 37.9 Å². The van der Waals surface area contributed by atoms with E-state index in [1.165, 1.54) is 5.57 Å². The molecule has 1 aromatic heterocycles. The van der Waals surface area contributed by atoms with E-state index in [1.807, 2.05) is 0 Å². The normalized spacial score (nSPS) is 18.3. The van der Waals surface area contributed by atoms with E-state index in [0.717, 1.165) is 25.3 Å². The van der Waals surface area contributed by atoms with Gasteiger partial charge >= 0.3 is 0 Å². The molecule has 0 bridgehead atoms. The Morgan fingerprint density at radius 3 is 2.80 bits per heavy atom. The molecule has 4 nitrogen and oxygen atoms in total. The maximum Gasteiger partial charge on any atom is 0.253 e. The fraction of sp³-hybridized carbons (Fsp3) is 0.636. The molecule has 0 aromatic carbocycles. The van der Waals surface area contributed by atoms with Crippen molar-refractivity contribution in [3.63, 3.8) is 0 Å². The van der Waals surface area contributed by atoms with Gasteiger partial charge in [0, 0.05) is 24.6 Å². The first-order valence-electron chi connectivity index (χ1n) is 5.38.